The lowest BCUT2D eigenvalue weighted by Gasteiger charge is -2.11. The van der Waals surface area contributed by atoms with Gasteiger partial charge in [0.2, 0.25) is 0 Å². The summed E-state index contributed by atoms with van der Waals surface area (Å²) in [6.45, 7) is 2.23. The summed E-state index contributed by atoms with van der Waals surface area (Å²) in [5.74, 6) is 0.247. The molecule has 1 atom stereocenters. The predicted octanol–water partition coefficient (Wildman–Crippen LogP) is 4.12. The topological polar surface area (TPSA) is 82.3 Å². The number of pyridine rings is 2. The van der Waals surface area contributed by atoms with Crippen LogP contribution in [-0.4, -0.2) is 30.2 Å². The number of halogens is 1. The Morgan fingerprint density at radius 2 is 2.10 bits per heavy atom. The Hall–Kier alpha value is -2.68. The SMILES string of the molecule is COCCNCc1ccc(C2Cc3nccc(Oc4ccc(N)cc4F)c3S2)nc1. The van der Waals surface area contributed by atoms with Crippen molar-refractivity contribution in [3.63, 3.8) is 0 Å². The number of nitrogens with two attached hydrogens (primary N) is 1. The molecule has 0 aliphatic carbocycles. The number of fused-ring (bicyclic) bond motifs is 1. The van der Waals surface area contributed by atoms with Crippen molar-refractivity contribution in [2.75, 3.05) is 26.0 Å². The van der Waals surface area contributed by atoms with Gasteiger partial charge in [0.15, 0.2) is 11.6 Å². The zero-order valence-corrected chi connectivity index (χ0v) is 17.4. The maximum atomic E-state index is 14.1. The molecule has 156 valence electrons. The highest BCUT2D eigenvalue weighted by Gasteiger charge is 2.29. The van der Waals surface area contributed by atoms with Crippen LogP contribution in [0.5, 0.6) is 11.5 Å². The van der Waals surface area contributed by atoms with Gasteiger partial charge in [0, 0.05) is 56.8 Å². The highest BCUT2D eigenvalue weighted by atomic mass is 32.2. The quantitative estimate of drug-likeness (QED) is 0.414. The number of nitrogens with one attached hydrogen (secondary N) is 1. The lowest BCUT2D eigenvalue weighted by molar-refractivity contribution is 0.199. The van der Waals surface area contributed by atoms with Gasteiger partial charge in [-0.2, -0.15) is 0 Å². The summed E-state index contributed by atoms with van der Waals surface area (Å²) in [4.78, 5) is 10.1. The van der Waals surface area contributed by atoms with E-state index >= 15 is 0 Å². The molecule has 0 spiro atoms. The molecule has 3 N–H and O–H groups in total. The molecule has 0 saturated carbocycles. The molecule has 0 bridgehead atoms. The minimum absolute atomic E-state index is 0.143. The van der Waals surface area contributed by atoms with Crippen LogP contribution in [0.15, 0.2) is 53.7 Å². The van der Waals surface area contributed by atoms with Crippen LogP contribution in [0.25, 0.3) is 0 Å². The minimum Gasteiger partial charge on any atom is -0.453 e. The van der Waals surface area contributed by atoms with Gasteiger partial charge in [-0.05, 0) is 23.8 Å². The van der Waals surface area contributed by atoms with Crippen molar-refractivity contribution in [2.24, 2.45) is 0 Å². The number of nitrogens with zero attached hydrogens (tertiary/aromatic N) is 2. The van der Waals surface area contributed by atoms with Crippen molar-refractivity contribution in [1.29, 1.82) is 0 Å². The highest BCUT2D eigenvalue weighted by Crippen LogP contribution is 2.49. The lowest BCUT2D eigenvalue weighted by atomic mass is 10.1. The molecule has 0 radical (unpaired) electrons. The highest BCUT2D eigenvalue weighted by molar-refractivity contribution is 8.00. The van der Waals surface area contributed by atoms with Gasteiger partial charge in [0.1, 0.15) is 5.75 Å². The second-order valence-electron chi connectivity index (χ2n) is 6.95. The molecule has 0 amide bonds. The van der Waals surface area contributed by atoms with E-state index < -0.39 is 5.82 Å². The zero-order chi connectivity index (χ0) is 20.9. The van der Waals surface area contributed by atoms with Crippen LogP contribution in [0.4, 0.5) is 10.1 Å². The summed E-state index contributed by atoms with van der Waals surface area (Å²) in [5.41, 5.74) is 9.02. The molecule has 6 nitrogen and oxygen atoms in total. The van der Waals surface area contributed by atoms with Crippen LogP contribution in [0.3, 0.4) is 0 Å². The predicted molar refractivity (Wildman–Crippen MR) is 115 cm³/mol. The molecule has 1 aromatic carbocycles. The van der Waals surface area contributed by atoms with Crippen LogP contribution in [-0.2, 0) is 17.7 Å². The molecule has 8 heteroatoms. The molecule has 0 fully saturated rings. The summed E-state index contributed by atoms with van der Waals surface area (Å²) in [6, 6.07) is 10.3. The molecular weight excluding hydrogens is 403 g/mol. The number of benzene rings is 1. The second kappa shape index (κ2) is 9.42. The fraction of sp³-hybridized carbons (Fsp3) is 0.273. The van der Waals surface area contributed by atoms with Crippen LogP contribution >= 0.6 is 11.8 Å². The van der Waals surface area contributed by atoms with Crippen molar-refractivity contribution in [1.82, 2.24) is 15.3 Å². The third-order valence-electron chi connectivity index (χ3n) is 4.75. The van der Waals surface area contributed by atoms with Crippen LogP contribution < -0.4 is 15.8 Å². The largest absolute Gasteiger partial charge is 0.453 e. The monoisotopic (exact) mass is 426 g/mol. The average Bonchev–Trinajstić information content (AvgIpc) is 3.19. The number of rotatable bonds is 8. The van der Waals surface area contributed by atoms with Gasteiger partial charge in [0.05, 0.1) is 28.1 Å². The summed E-state index contributed by atoms with van der Waals surface area (Å²) in [5, 5.41) is 3.45. The first-order chi connectivity index (χ1) is 14.6. The van der Waals surface area contributed by atoms with Crippen LogP contribution in [0.2, 0.25) is 0 Å². The smallest absolute Gasteiger partial charge is 0.167 e. The Labute approximate surface area is 179 Å². The van der Waals surface area contributed by atoms with E-state index in [4.69, 9.17) is 15.2 Å². The number of nitrogen functional groups attached to an aromatic ring is 1. The molecular formula is C22H23FN4O2S. The molecule has 0 saturated heterocycles. The third-order valence-corrected chi connectivity index (χ3v) is 6.11. The first-order valence-electron chi connectivity index (χ1n) is 9.66. The summed E-state index contributed by atoms with van der Waals surface area (Å²) < 4.78 is 25.0. The molecule has 30 heavy (non-hydrogen) atoms. The minimum atomic E-state index is -0.489. The molecule has 2 aromatic heterocycles. The fourth-order valence-electron chi connectivity index (χ4n) is 3.20. The number of hydrogen-bond acceptors (Lipinski definition) is 7. The number of ether oxygens (including phenoxy) is 2. The second-order valence-corrected chi connectivity index (χ2v) is 8.16. The van der Waals surface area contributed by atoms with E-state index in [9.17, 15) is 4.39 Å². The summed E-state index contributed by atoms with van der Waals surface area (Å²) in [6.07, 6.45) is 4.33. The molecule has 3 aromatic rings. The maximum Gasteiger partial charge on any atom is 0.167 e. The van der Waals surface area contributed by atoms with Gasteiger partial charge in [0.25, 0.3) is 0 Å². The Kier molecular flexibility index (Phi) is 6.47. The van der Waals surface area contributed by atoms with Gasteiger partial charge in [-0.15, -0.1) is 11.8 Å². The van der Waals surface area contributed by atoms with Crippen LogP contribution in [0.1, 0.15) is 22.2 Å². The Bertz CT molecular complexity index is 1020. The molecule has 3 heterocycles. The van der Waals surface area contributed by atoms with Gasteiger partial charge in [-0.3, -0.25) is 9.97 Å². The van der Waals surface area contributed by atoms with E-state index in [2.05, 4.69) is 27.4 Å². The van der Waals surface area contributed by atoms with Gasteiger partial charge in [-0.25, -0.2) is 4.39 Å². The number of hydrogen-bond donors (Lipinski definition) is 2. The molecule has 4 rings (SSSR count). The van der Waals surface area contributed by atoms with E-state index in [-0.39, 0.29) is 11.0 Å². The van der Waals surface area contributed by atoms with Crippen molar-refractivity contribution < 1.29 is 13.9 Å². The Morgan fingerprint density at radius 3 is 2.87 bits per heavy atom. The van der Waals surface area contributed by atoms with Gasteiger partial charge in [-0.1, -0.05) is 6.07 Å². The van der Waals surface area contributed by atoms with E-state index in [1.807, 2.05) is 6.20 Å². The van der Waals surface area contributed by atoms with Crippen LogP contribution in [0, 0.1) is 5.82 Å². The van der Waals surface area contributed by atoms with E-state index in [0.717, 1.165) is 41.4 Å². The van der Waals surface area contributed by atoms with Crippen molar-refractivity contribution in [2.45, 2.75) is 23.1 Å². The molecule has 1 unspecified atom stereocenters. The van der Waals surface area contributed by atoms with Gasteiger partial charge < -0.3 is 20.5 Å². The average molecular weight is 427 g/mol. The number of thioether (sulfide) groups is 1. The third kappa shape index (κ3) is 4.72. The Morgan fingerprint density at radius 1 is 1.20 bits per heavy atom. The lowest BCUT2D eigenvalue weighted by Crippen LogP contribution is -2.18. The first-order valence-corrected chi connectivity index (χ1v) is 10.5. The Balaban J connectivity index is 1.45. The maximum absolute atomic E-state index is 14.1. The van der Waals surface area contributed by atoms with Crippen molar-refractivity contribution in [3.05, 3.63) is 71.6 Å². The van der Waals surface area contributed by atoms with Crippen molar-refractivity contribution >= 4 is 17.4 Å². The van der Waals surface area contributed by atoms with E-state index in [1.54, 1.807) is 37.2 Å². The van der Waals surface area contributed by atoms with Gasteiger partial charge >= 0.3 is 0 Å². The molecule has 1 aliphatic heterocycles. The van der Waals surface area contributed by atoms with E-state index in [0.29, 0.717) is 18.0 Å². The normalized spacial score (nSPS) is 15.2. The fourth-order valence-corrected chi connectivity index (χ4v) is 4.49. The zero-order valence-electron chi connectivity index (χ0n) is 16.6. The summed E-state index contributed by atoms with van der Waals surface area (Å²) in [7, 11) is 1.69. The molecule has 1 aliphatic rings. The first kappa shape index (κ1) is 20.6. The standard InChI is InChI=1S/C22H23FN4O2S/c1-28-9-8-25-12-14-2-4-17(27-13-14)21-11-18-22(30-21)20(6-7-26-18)29-19-5-3-15(24)10-16(19)23/h2-7,10,13,21,25H,8-9,11-12,24H2,1H3. The van der Waals surface area contributed by atoms with E-state index in [1.165, 1.54) is 12.1 Å². The summed E-state index contributed by atoms with van der Waals surface area (Å²) >= 11 is 1.65. The van der Waals surface area contributed by atoms with Crippen molar-refractivity contribution in [3.8, 4) is 11.5 Å². The number of methoxy groups -OCH3 is 1. The number of anilines is 1. The number of aromatic nitrogens is 2.